The first-order valence-electron chi connectivity index (χ1n) is 9.54. The van der Waals surface area contributed by atoms with Gasteiger partial charge in [-0.3, -0.25) is 9.55 Å². The van der Waals surface area contributed by atoms with Gasteiger partial charge in [-0.25, -0.2) is 24.2 Å². The van der Waals surface area contributed by atoms with Crippen LogP contribution in [0.3, 0.4) is 0 Å². The largest absolute Gasteiger partial charge is 0.440 e. The maximum Gasteiger partial charge on any atom is 0.335 e. The minimum Gasteiger partial charge on any atom is -0.440 e. The van der Waals surface area contributed by atoms with E-state index >= 15 is 0 Å². The Bertz CT molecular complexity index is 1350. The first kappa shape index (κ1) is 20.4. The van der Waals surface area contributed by atoms with E-state index in [1.807, 2.05) is 12.1 Å². The summed E-state index contributed by atoms with van der Waals surface area (Å²) >= 11 is 5.96. The number of rotatable bonds is 6. The average molecular weight is 439 g/mol. The zero-order chi connectivity index (χ0) is 21.8. The molecule has 2 aromatic heterocycles. The van der Waals surface area contributed by atoms with Gasteiger partial charge in [0, 0.05) is 17.6 Å². The molecule has 0 aliphatic rings. The molecule has 2 N–H and O–H groups in total. The van der Waals surface area contributed by atoms with Crippen molar-refractivity contribution in [2.45, 2.75) is 20.0 Å². The third-order valence-electron chi connectivity index (χ3n) is 4.53. The minimum absolute atomic E-state index is 0.150. The van der Waals surface area contributed by atoms with Crippen LogP contribution in [0.1, 0.15) is 12.5 Å². The highest BCUT2D eigenvalue weighted by Gasteiger charge is 2.09. The number of benzene rings is 2. The van der Waals surface area contributed by atoms with E-state index in [-0.39, 0.29) is 18.7 Å². The second-order valence-electron chi connectivity index (χ2n) is 6.62. The predicted molar refractivity (Wildman–Crippen MR) is 116 cm³/mol. The van der Waals surface area contributed by atoms with Crippen molar-refractivity contribution >= 4 is 17.3 Å². The standard InChI is InChI=1S/C21H19ClN6O3/c1-2-27-20(29)25-19(28(21(27)30)13-14-3-5-15(22)6-4-14)24-16-7-9-17(10-8-16)31-18-11-12-23-26-18/h3-12H,2,13H2,1H3,(H,23,26)(H,24,25,29). The molecule has 4 aromatic rings. The van der Waals surface area contributed by atoms with Crippen molar-refractivity contribution in [2.24, 2.45) is 4.99 Å². The number of aromatic nitrogens is 5. The van der Waals surface area contributed by atoms with Gasteiger partial charge in [0.05, 0.1) is 18.4 Å². The molecule has 2 aromatic carbocycles. The van der Waals surface area contributed by atoms with E-state index in [4.69, 9.17) is 16.3 Å². The van der Waals surface area contributed by atoms with Gasteiger partial charge in [0.15, 0.2) is 0 Å². The van der Waals surface area contributed by atoms with Gasteiger partial charge in [0.1, 0.15) is 5.75 Å². The van der Waals surface area contributed by atoms with Crippen LogP contribution in [0.4, 0.5) is 5.69 Å². The predicted octanol–water partition coefficient (Wildman–Crippen LogP) is 2.81. The zero-order valence-corrected chi connectivity index (χ0v) is 17.3. The Morgan fingerprint density at radius 2 is 1.77 bits per heavy atom. The number of hydrogen-bond acceptors (Lipinski definition) is 5. The molecule has 9 nitrogen and oxygen atoms in total. The molecule has 158 valence electrons. The quantitative estimate of drug-likeness (QED) is 0.482. The van der Waals surface area contributed by atoms with Gasteiger partial charge in [0.2, 0.25) is 11.5 Å². The normalized spacial score (nSPS) is 11.6. The van der Waals surface area contributed by atoms with Crippen molar-refractivity contribution in [1.82, 2.24) is 24.3 Å². The molecule has 0 saturated carbocycles. The maximum absolute atomic E-state index is 12.9. The number of H-pyrrole nitrogens is 2. The molecule has 0 amide bonds. The Balaban J connectivity index is 1.74. The van der Waals surface area contributed by atoms with E-state index in [2.05, 4.69) is 20.2 Å². The first-order chi connectivity index (χ1) is 15.0. The molecule has 0 saturated heterocycles. The van der Waals surface area contributed by atoms with Gasteiger partial charge in [-0.15, -0.1) is 0 Å². The zero-order valence-electron chi connectivity index (χ0n) is 16.6. The molecule has 0 fully saturated rings. The molecular formula is C21H19ClN6O3. The van der Waals surface area contributed by atoms with Crippen LogP contribution in [0.15, 0.2) is 75.4 Å². The van der Waals surface area contributed by atoms with Crippen LogP contribution in [0.2, 0.25) is 5.02 Å². The van der Waals surface area contributed by atoms with E-state index in [0.717, 1.165) is 10.1 Å². The second kappa shape index (κ2) is 8.88. The summed E-state index contributed by atoms with van der Waals surface area (Å²) in [5.41, 5.74) is 0.584. The monoisotopic (exact) mass is 438 g/mol. The SMILES string of the molecule is CCn1c(=O)[nH]/c(=N\c2ccc(Oc3ccn[nH]3)cc2)n(Cc2ccc(Cl)cc2)c1=O. The van der Waals surface area contributed by atoms with Crippen molar-refractivity contribution in [2.75, 3.05) is 0 Å². The molecule has 0 aliphatic heterocycles. The number of nitrogens with one attached hydrogen (secondary N) is 2. The summed E-state index contributed by atoms with van der Waals surface area (Å²) < 4.78 is 8.16. The lowest BCUT2D eigenvalue weighted by Crippen LogP contribution is -2.49. The van der Waals surface area contributed by atoms with Gasteiger partial charge in [-0.1, -0.05) is 23.7 Å². The lowest BCUT2D eigenvalue weighted by molar-refractivity contribution is 0.461. The highest BCUT2D eigenvalue weighted by Crippen LogP contribution is 2.21. The number of halogens is 1. The molecule has 0 aliphatic carbocycles. The summed E-state index contributed by atoms with van der Waals surface area (Å²) in [4.78, 5) is 32.5. The molecule has 31 heavy (non-hydrogen) atoms. The lowest BCUT2D eigenvalue weighted by atomic mass is 10.2. The van der Waals surface area contributed by atoms with Gasteiger partial charge >= 0.3 is 11.4 Å². The van der Waals surface area contributed by atoms with E-state index in [9.17, 15) is 9.59 Å². The number of aromatic amines is 2. The van der Waals surface area contributed by atoms with E-state index in [1.54, 1.807) is 55.6 Å². The summed E-state index contributed by atoms with van der Waals surface area (Å²) in [6, 6.07) is 15.7. The number of hydrogen-bond donors (Lipinski definition) is 2. The van der Waals surface area contributed by atoms with Crippen molar-refractivity contribution in [3.8, 4) is 11.6 Å². The van der Waals surface area contributed by atoms with Crippen molar-refractivity contribution in [3.63, 3.8) is 0 Å². The Hall–Kier alpha value is -3.85. The summed E-state index contributed by atoms with van der Waals surface area (Å²) in [6.07, 6.45) is 1.59. The van der Waals surface area contributed by atoms with Gasteiger partial charge in [-0.05, 0) is 48.9 Å². The topological polar surface area (TPSA) is 110 Å². The average Bonchev–Trinajstić information content (AvgIpc) is 3.27. The third-order valence-corrected chi connectivity index (χ3v) is 4.78. The first-order valence-corrected chi connectivity index (χ1v) is 9.91. The molecule has 0 radical (unpaired) electrons. The molecule has 0 bridgehead atoms. The van der Waals surface area contributed by atoms with Gasteiger partial charge < -0.3 is 4.74 Å². The van der Waals surface area contributed by atoms with Crippen LogP contribution in [0, 0.1) is 0 Å². The van der Waals surface area contributed by atoms with Crippen LogP contribution in [-0.4, -0.2) is 24.3 Å². The Kier molecular flexibility index (Phi) is 5.85. The summed E-state index contributed by atoms with van der Waals surface area (Å²) in [5, 5.41) is 7.14. The maximum atomic E-state index is 12.9. The highest BCUT2D eigenvalue weighted by atomic mass is 35.5. The van der Waals surface area contributed by atoms with Gasteiger partial charge in [-0.2, -0.15) is 5.10 Å². The minimum atomic E-state index is -0.516. The molecule has 2 heterocycles. The smallest absolute Gasteiger partial charge is 0.335 e. The number of ether oxygens (including phenoxy) is 1. The van der Waals surface area contributed by atoms with Crippen LogP contribution in [-0.2, 0) is 13.1 Å². The fourth-order valence-electron chi connectivity index (χ4n) is 2.97. The molecule has 0 atom stereocenters. The number of nitrogens with zero attached hydrogens (tertiary/aromatic N) is 4. The Labute approximate surface area is 181 Å². The van der Waals surface area contributed by atoms with Gasteiger partial charge in [0.25, 0.3) is 0 Å². The summed E-state index contributed by atoms with van der Waals surface area (Å²) in [5.74, 6) is 1.10. The Morgan fingerprint density at radius 1 is 1.03 bits per heavy atom. The Morgan fingerprint density at radius 3 is 2.42 bits per heavy atom. The molecule has 10 heteroatoms. The second-order valence-corrected chi connectivity index (χ2v) is 7.06. The van der Waals surface area contributed by atoms with Crippen molar-refractivity contribution in [1.29, 1.82) is 0 Å². The molecule has 4 rings (SSSR count). The van der Waals surface area contributed by atoms with Crippen LogP contribution in [0.25, 0.3) is 0 Å². The van der Waals surface area contributed by atoms with Crippen molar-refractivity contribution < 1.29 is 4.74 Å². The highest BCUT2D eigenvalue weighted by molar-refractivity contribution is 6.30. The van der Waals surface area contributed by atoms with Crippen LogP contribution >= 0.6 is 11.6 Å². The fourth-order valence-corrected chi connectivity index (χ4v) is 3.10. The molecule has 0 spiro atoms. The molecular weight excluding hydrogens is 420 g/mol. The van der Waals surface area contributed by atoms with E-state index < -0.39 is 11.4 Å². The van der Waals surface area contributed by atoms with E-state index in [0.29, 0.717) is 22.3 Å². The summed E-state index contributed by atoms with van der Waals surface area (Å²) in [7, 11) is 0. The van der Waals surface area contributed by atoms with Crippen LogP contribution in [0.5, 0.6) is 11.6 Å². The fraction of sp³-hybridized carbons (Fsp3) is 0.143. The third kappa shape index (κ3) is 4.67. The van der Waals surface area contributed by atoms with E-state index in [1.165, 1.54) is 4.57 Å². The summed E-state index contributed by atoms with van der Waals surface area (Å²) in [6.45, 7) is 2.21. The lowest BCUT2D eigenvalue weighted by Gasteiger charge is -2.10. The van der Waals surface area contributed by atoms with Crippen LogP contribution < -0.4 is 21.7 Å². The molecule has 0 unspecified atom stereocenters. The van der Waals surface area contributed by atoms with Crippen molar-refractivity contribution in [3.05, 3.63) is 98.0 Å².